The molecule has 3 aromatic carbocycles. The molecule has 0 saturated carbocycles. The first-order valence-electron chi connectivity index (χ1n) is 8.26. The Hall–Kier alpha value is -2.49. The van der Waals surface area contributed by atoms with Crippen LogP contribution in [0.1, 0.15) is 5.56 Å². The summed E-state index contributed by atoms with van der Waals surface area (Å²) in [4.78, 5) is 2.14. The molecule has 4 heteroatoms. The van der Waals surface area contributed by atoms with Crippen molar-refractivity contribution in [1.82, 2.24) is 5.16 Å². The van der Waals surface area contributed by atoms with Gasteiger partial charge in [0.15, 0.2) is 5.76 Å². The highest BCUT2D eigenvalue weighted by atomic mass is 35.5. The summed E-state index contributed by atoms with van der Waals surface area (Å²) >= 11 is 7.69. The number of aromatic nitrogens is 1. The van der Waals surface area contributed by atoms with Gasteiger partial charge in [-0.05, 0) is 31.2 Å². The van der Waals surface area contributed by atoms with Gasteiger partial charge in [0, 0.05) is 21.0 Å². The molecule has 0 atom stereocenters. The van der Waals surface area contributed by atoms with Crippen LogP contribution < -0.4 is 0 Å². The van der Waals surface area contributed by atoms with Gasteiger partial charge in [0.25, 0.3) is 0 Å². The molecule has 0 fully saturated rings. The number of halogens is 1. The quantitative estimate of drug-likeness (QED) is 0.378. The van der Waals surface area contributed by atoms with Crippen molar-refractivity contribution in [3.05, 3.63) is 89.4 Å². The fourth-order valence-electron chi connectivity index (χ4n) is 2.66. The molecular weight excluding hydrogens is 362 g/mol. The average Bonchev–Trinajstić information content (AvgIpc) is 3.07. The Balaban J connectivity index is 1.83. The lowest BCUT2D eigenvalue weighted by Gasteiger charge is -2.05. The van der Waals surface area contributed by atoms with Gasteiger partial charge in [-0.2, -0.15) is 0 Å². The van der Waals surface area contributed by atoms with Crippen LogP contribution in [0.5, 0.6) is 0 Å². The van der Waals surface area contributed by atoms with E-state index in [1.165, 1.54) is 5.56 Å². The fourth-order valence-corrected chi connectivity index (χ4v) is 3.82. The van der Waals surface area contributed by atoms with Crippen molar-refractivity contribution in [3.8, 4) is 22.6 Å². The van der Waals surface area contributed by atoms with Crippen molar-refractivity contribution in [2.75, 3.05) is 0 Å². The van der Waals surface area contributed by atoms with Crippen LogP contribution in [0.3, 0.4) is 0 Å². The molecule has 1 heterocycles. The predicted molar refractivity (Wildman–Crippen MR) is 108 cm³/mol. The third-order valence-electron chi connectivity index (χ3n) is 4.04. The highest BCUT2D eigenvalue weighted by molar-refractivity contribution is 7.99. The normalized spacial score (nSPS) is 10.8. The molecule has 4 rings (SSSR count). The van der Waals surface area contributed by atoms with Gasteiger partial charge in [-0.25, -0.2) is 0 Å². The van der Waals surface area contributed by atoms with Gasteiger partial charge in [0.2, 0.25) is 0 Å². The molecule has 128 valence electrons. The van der Waals surface area contributed by atoms with E-state index < -0.39 is 0 Å². The van der Waals surface area contributed by atoms with Crippen LogP contribution in [0.15, 0.2) is 93.2 Å². The molecular formula is C22H16ClNOS. The van der Waals surface area contributed by atoms with E-state index >= 15 is 0 Å². The van der Waals surface area contributed by atoms with Crippen molar-refractivity contribution >= 4 is 23.4 Å². The average molecular weight is 378 g/mol. The molecule has 4 aromatic rings. The van der Waals surface area contributed by atoms with Gasteiger partial charge >= 0.3 is 0 Å². The van der Waals surface area contributed by atoms with Gasteiger partial charge in [-0.3, -0.25) is 0 Å². The van der Waals surface area contributed by atoms with Crippen LogP contribution in [0.4, 0.5) is 0 Å². The van der Waals surface area contributed by atoms with Crippen LogP contribution in [-0.2, 0) is 0 Å². The number of rotatable bonds is 4. The number of aryl methyl sites for hydroxylation is 1. The number of nitrogens with zero attached hydrogens (tertiary/aromatic N) is 1. The molecule has 0 amide bonds. The van der Waals surface area contributed by atoms with E-state index in [1.807, 2.05) is 42.5 Å². The van der Waals surface area contributed by atoms with Crippen LogP contribution in [0.2, 0.25) is 5.02 Å². The maximum atomic E-state index is 6.04. The predicted octanol–water partition coefficient (Wildman–Crippen LogP) is 7.12. The summed E-state index contributed by atoms with van der Waals surface area (Å²) in [5.41, 5.74) is 4.03. The Morgan fingerprint density at radius 2 is 1.46 bits per heavy atom. The van der Waals surface area contributed by atoms with Crippen LogP contribution in [-0.4, -0.2) is 5.16 Å². The first kappa shape index (κ1) is 17.0. The van der Waals surface area contributed by atoms with E-state index in [1.54, 1.807) is 11.8 Å². The smallest absolute Gasteiger partial charge is 0.181 e. The van der Waals surface area contributed by atoms with Gasteiger partial charge in [0.05, 0.1) is 4.90 Å². The van der Waals surface area contributed by atoms with Crippen molar-refractivity contribution in [3.63, 3.8) is 0 Å². The molecule has 26 heavy (non-hydrogen) atoms. The van der Waals surface area contributed by atoms with E-state index in [0.717, 1.165) is 32.4 Å². The summed E-state index contributed by atoms with van der Waals surface area (Å²) in [5.74, 6) is 0.781. The monoisotopic (exact) mass is 377 g/mol. The summed E-state index contributed by atoms with van der Waals surface area (Å²) in [6, 6.07) is 26.2. The molecule has 0 bridgehead atoms. The Bertz CT molecular complexity index is 945. The maximum absolute atomic E-state index is 6.04. The second kappa shape index (κ2) is 7.40. The lowest BCUT2D eigenvalue weighted by atomic mass is 10.1. The van der Waals surface area contributed by atoms with E-state index in [4.69, 9.17) is 16.1 Å². The van der Waals surface area contributed by atoms with Crippen molar-refractivity contribution < 1.29 is 4.52 Å². The van der Waals surface area contributed by atoms with E-state index in [2.05, 4.69) is 48.5 Å². The molecule has 0 saturated heterocycles. The molecule has 0 spiro atoms. The van der Waals surface area contributed by atoms with Gasteiger partial charge in [0.1, 0.15) is 5.69 Å². The summed E-state index contributed by atoms with van der Waals surface area (Å²) in [7, 11) is 0. The first-order chi connectivity index (χ1) is 12.7. The van der Waals surface area contributed by atoms with Crippen LogP contribution in [0, 0.1) is 6.92 Å². The Morgan fingerprint density at radius 3 is 2.15 bits per heavy atom. The van der Waals surface area contributed by atoms with Gasteiger partial charge < -0.3 is 4.52 Å². The summed E-state index contributed by atoms with van der Waals surface area (Å²) < 4.78 is 5.77. The number of hydrogen-bond acceptors (Lipinski definition) is 3. The minimum atomic E-state index is 0.702. The maximum Gasteiger partial charge on any atom is 0.181 e. The lowest BCUT2D eigenvalue weighted by Crippen LogP contribution is -1.83. The Morgan fingerprint density at radius 1 is 0.808 bits per heavy atom. The summed E-state index contributed by atoms with van der Waals surface area (Å²) in [6.07, 6.45) is 0. The van der Waals surface area contributed by atoms with Gasteiger partial charge in [-0.15, -0.1) is 0 Å². The van der Waals surface area contributed by atoms with E-state index in [-0.39, 0.29) is 0 Å². The highest BCUT2D eigenvalue weighted by Gasteiger charge is 2.20. The minimum Gasteiger partial charge on any atom is -0.354 e. The second-order valence-corrected chi connectivity index (χ2v) is 7.50. The lowest BCUT2D eigenvalue weighted by molar-refractivity contribution is 0.433. The standard InChI is InChI=1S/C22H16ClNOS/c1-15-7-9-17(10-8-15)21-22(26-19-5-3-2-4-6-19)20(24-25-21)16-11-13-18(23)14-12-16/h2-14H,1H3. The molecule has 1 aromatic heterocycles. The van der Waals surface area contributed by atoms with Crippen molar-refractivity contribution in [2.24, 2.45) is 0 Å². The van der Waals surface area contributed by atoms with E-state index in [9.17, 15) is 0 Å². The SMILES string of the molecule is Cc1ccc(-c2onc(-c3ccc(Cl)cc3)c2Sc2ccccc2)cc1. The molecule has 0 radical (unpaired) electrons. The first-order valence-corrected chi connectivity index (χ1v) is 9.46. The molecule has 2 nitrogen and oxygen atoms in total. The fraction of sp³-hybridized carbons (Fsp3) is 0.0455. The Kier molecular flexibility index (Phi) is 4.83. The highest BCUT2D eigenvalue weighted by Crippen LogP contribution is 2.42. The zero-order valence-electron chi connectivity index (χ0n) is 14.1. The molecule has 0 unspecified atom stereocenters. The molecule has 0 N–H and O–H groups in total. The molecule has 0 aliphatic carbocycles. The van der Waals surface area contributed by atoms with Crippen LogP contribution >= 0.6 is 23.4 Å². The number of hydrogen-bond donors (Lipinski definition) is 0. The van der Waals surface area contributed by atoms with Crippen molar-refractivity contribution in [1.29, 1.82) is 0 Å². The Labute approximate surface area is 161 Å². The molecule has 0 aliphatic heterocycles. The topological polar surface area (TPSA) is 26.0 Å². The second-order valence-electron chi connectivity index (χ2n) is 5.98. The van der Waals surface area contributed by atoms with Crippen molar-refractivity contribution in [2.45, 2.75) is 16.7 Å². The zero-order valence-corrected chi connectivity index (χ0v) is 15.7. The third-order valence-corrected chi connectivity index (χ3v) is 5.39. The largest absolute Gasteiger partial charge is 0.354 e. The van der Waals surface area contributed by atoms with Gasteiger partial charge in [-0.1, -0.05) is 88.7 Å². The van der Waals surface area contributed by atoms with Crippen LogP contribution in [0.25, 0.3) is 22.6 Å². The minimum absolute atomic E-state index is 0.702. The summed E-state index contributed by atoms with van der Waals surface area (Å²) in [5, 5.41) is 5.07. The third kappa shape index (κ3) is 3.55. The number of benzene rings is 3. The summed E-state index contributed by atoms with van der Waals surface area (Å²) in [6.45, 7) is 2.07. The van der Waals surface area contributed by atoms with E-state index in [0.29, 0.717) is 5.02 Å². The molecule has 0 aliphatic rings. The zero-order chi connectivity index (χ0) is 17.9.